The fourth-order valence-electron chi connectivity index (χ4n) is 3.36. The minimum atomic E-state index is -1.08. The van der Waals surface area contributed by atoms with E-state index in [1.54, 1.807) is 24.3 Å². The second-order valence-corrected chi connectivity index (χ2v) is 9.36. The number of ether oxygens (including phenoxy) is 1. The van der Waals surface area contributed by atoms with Crippen LogP contribution in [0.15, 0.2) is 40.3 Å². The van der Waals surface area contributed by atoms with Crippen molar-refractivity contribution in [1.82, 2.24) is 25.9 Å². The van der Waals surface area contributed by atoms with E-state index in [0.29, 0.717) is 6.42 Å². The van der Waals surface area contributed by atoms with Crippen molar-refractivity contribution < 1.29 is 28.7 Å². The maximum atomic E-state index is 12.8. The highest BCUT2D eigenvalue weighted by atomic mass is 35.5. The van der Waals surface area contributed by atoms with E-state index in [1.807, 2.05) is 6.07 Å². The first-order valence-corrected chi connectivity index (χ1v) is 13.5. The zero-order valence-electron chi connectivity index (χ0n) is 23.9. The molecule has 0 fully saturated rings. The molecule has 2 aromatic rings. The van der Waals surface area contributed by atoms with Crippen LogP contribution in [0.1, 0.15) is 28.9 Å². The van der Waals surface area contributed by atoms with E-state index >= 15 is 0 Å². The molecule has 1 atom stereocenters. The molecule has 20 heteroatoms. The summed E-state index contributed by atoms with van der Waals surface area (Å²) in [5.74, 6) is -4.83. The zero-order valence-corrected chi connectivity index (χ0v) is 24.7. The largest absolute Gasteiger partial charge is 0.460 e. The Morgan fingerprint density at radius 2 is 1.62 bits per heavy atom. The van der Waals surface area contributed by atoms with Crippen molar-refractivity contribution in [3.05, 3.63) is 46.7 Å². The number of nitrogen functional groups attached to an aromatic ring is 1. The predicted octanol–water partition coefficient (Wildman–Crippen LogP) is -2.95. The van der Waals surface area contributed by atoms with Crippen LogP contribution in [-0.4, -0.2) is 83.7 Å². The number of guanidine groups is 2. The Labute approximate surface area is 261 Å². The molecule has 1 heterocycles. The molecule has 45 heavy (non-hydrogen) atoms. The number of halogens is 1. The first-order valence-electron chi connectivity index (χ1n) is 13.1. The Morgan fingerprint density at radius 1 is 0.911 bits per heavy atom. The molecule has 0 saturated carbocycles. The molecule has 242 valence electrons. The Morgan fingerprint density at radius 3 is 2.29 bits per heavy atom. The van der Waals surface area contributed by atoms with Crippen molar-refractivity contribution in [1.29, 1.82) is 0 Å². The average Bonchev–Trinajstić information content (AvgIpc) is 2.99. The van der Waals surface area contributed by atoms with Gasteiger partial charge in [0.1, 0.15) is 19.2 Å². The minimum Gasteiger partial charge on any atom is -0.460 e. The monoisotopic (exact) mass is 647 g/mol. The summed E-state index contributed by atoms with van der Waals surface area (Å²) in [5, 5.41) is 9.53. The summed E-state index contributed by atoms with van der Waals surface area (Å²) in [7, 11) is 0. The van der Waals surface area contributed by atoms with Crippen LogP contribution in [-0.2, 0) is 30.5 Å². The molecule has 0 bridgehead atoms. The highest BCUT2D eigenvalue weighted by Crippen LogP contribution is 2.20. The molecule has 0 saturated heterocycles. The molecule has 0 spiro atoms. The summed E-state index contributed by atoms with van der Waals surface area (Å²) >= 11 is 6.00. The van der Waals surface area contributed by atoms with Gasteiger partial charge >= 0.3 is 11.9 Å². The molecule has 4 amide bonds. The molecule has 19 nitrogen and oxygen atoms in total. The number of esters is 1. The van der Waals surface area contributed by atoms with Crippen LogP contribution < -0.4 is 49.9 Å². The van der Waals surface area contributed by atoms with E-state index in [-0.39, 0.29) is 42.3 Å². The van der Waals surface area contributed by atoms with Gasteiger partial charge in [0, 0.05) is 6.54 Å². The van der Waals surface area contributed by atoms with Crippen LogP contribution >= 0.6 is 11.6 Å². The third-order valence-electron chi connectivity index (χ3n) is 5.42. The van der Waals surface area contributed by atoms with Crippen molar-refractivity contribution in [2.45, 2.75) is 25.5 Å². The molecular weight excluding hydrogens is 614 g/mol. The number of hydrogen-bond donors (Lipinski definition) is 9. The lowest BCUT2D eigenvalue weighted by molar-refractivity contribution is -0.145. The fourth-order valence-corrected chi connectivity index (χ4v) is 3.56. The number of nitrogens with one attached hydrogen (secondary N) is 4. The molecule has 0 radical (unpaired) electrons. The van der Waals surface area contributed by atoms with Crippen LogP contribution in [0.25, 0.3) is 0 Å². The predicted molar refractivity (Wildman–Crippen MR) is 164 cm³/mol. The normalized spacial score (nSPS) is 10.9. The van der Waals surface area contributed by atoms with E-state index in [2.05, 4.69) is 41.2 Å². The van der Waals surface area contributed by atoms with E-state index in [9.17, 15) is 24.0 Å². The minimum absolute atomic E-state index is 0.0271. The number of amides is 4. The number of benzene rings is 1. The molecule has 2 rings (SSSR count). The van der Waals surface area contributed by atoms with Gasteiger partial charge in [0.05, 0.1) is 13.1 Å². The van der Waals surface area contributed by atoms with Crippen LogP contribution in [0, 0.1) is 0 Å². The molecule has 0 aliphatic heterocycles. The van der Waals surface area contributed by atoms with Crippen molar-refractivity contribution in [3.63, 3.8) is 0 Å². The molecule has 1 aromatic carbocycles. The molecule has 0 aliphatic rings. The van der Waals surface area contributed by atoms with Crippen LogP contribution in [0.4, 0.5) is 11.6 Å². The summed E-state index contributed by atoms with van der Waals surface area (Å²) in [6.07, 6.45) is 0.426. The highest BCUT2D eigenvalue weighted by Gasteiger charge is 2.22. The van der Waals surface area contributed by atoms with Gasteiger partial charge in [-0.25, -0.2) is 9.97 Å². The van der Waals surface area contributed by atoms with E-state index in [0.717, 1.165) is 5.56 Å². The molecule has 1 aromatic heterocycles. The molecule has 0 aliphatic carbocycles. The van der Waals surface area contributed by atoms with Gasteiger partial charge in [-0.05, 0) is 18.4 Å². The van der Waals surface area contributed by atoms with Crippen LogP contribution in [0.2, 0.25) is 5.15 Å². The number of nitrogens with two attached hydrogens (primary N) is 5. The molecule has 0 unspecified atom stereocenters. The number of aliphatic imine (C=N–C) groups is 2. The Balaban J connectivity index is 1.88. The van der Waals surface area contributed by atoms with Gasteiger partial charge in [0.15, 0.2) is 34.4 Å². The lowest BCUT2D eigenvalue weighted by atomic mass is 10.1. The summed E-state index contributed by atoms with van der Waals surface area (Å²) in [4.78, 5) is 76.4. The van der Waals surface area contributed by atoms with Crippen molar-refractivity contribution >= 4 is 64.8 Å². The number of rotatable bonds is 16. The number of carbonyl (C=O) groups is 5. The van der Waals surface area contributed by atoms with Gasteiger partial charge in [-0.3, -0.25) is 29.0 Å². The summed E-state index contributed by atoms with van der Waals surface area (Å²) in [6.45, 7) is -1.16. The third kappa shape index (κ3) is 13.4. The topological polar surface area (TPSA) is 323 Å². The molecular formula is C25H34ClN13O6. The Kier molecular flexibility index (Phi) is 14.2. The number of hydrogen-bond acceptors (Lipinski definition) is 11. The maximum absolute atomic E-state index is 12.8. The fraction of sp³-hybridized carbons (Fsp3) is 0.320. The maximum Gasteiger partial charge on any atom is 0.325 e. The second kappa shape index (κ2) is 18.1. The van der Waals surface area contributed by atoms with Crippen molar-refractivity contribution in [2.24, 2.45) is 32.9 Å². The number of anilines is 2. The standard InChI is InChI=1S/C25H34ClN13O6/c26-19-21(38-20(27)18(37-19)23(44)39-25(30)31)34-9-15(40)33-10-16(41)36-14(7-4-8-32-24(28)29)22(43)35-11-17(42)45-12-13-5-2-1-3-6-13/h1-3,5-6,14H,4,7-12H2,(H,33,40)(H,35,43)(H,36,41)(H3,27,34,38)(H4,28,29,32)(H4,30,31,39,44)/t14-/m0/s1. The number of nitrogens with zero attached hydrogens (tertiary/aromatic N) is 4. The van der Waals surface area contributed by atoms with Crippen LogP contribution in [0.5, 0.6) is 0 Å². The number of aromatic nitrogens is 2. The Hall–Kier alpha value is -5.72. The van der Waals surface area contributed by atoms with E-state index < -0.39 is 66.9 Å². The Bertz CT molecular complexity index is 1430. The van der Waals surface area contributed by atoms with Gasteiger partial charge in [-0.2, -0.15) is 4.99 Å². The zero-order chi connectivity index (χ0) is 33.4. The van der Waals surface area contributed by atoms with Crippen molar-refractivity contribution in [2.75, 3.05) is 37.2 Å². The van der Waals surface area contributed by atoms with E-state index in [4.69, 9.17) is 45.0 Å². The SMILES string of the molecule is NC(N)=NCCC[C@H](NC(=O)CNC(=O)CNc1nc(N)c(C(=O)N=C(N)N)nc1Cl)C(=O)NCC(=O)OCc1ccccc1. The quantitative estimate of drug-likeness (QED) is 0.0381. The van der Waals surface area contributed by atoms with Gasteiger partial charge in [0.2, 0.25) is 17.7 Å². The molecule has 14 N–H and O–H groups in total. The van der Waals surface area contributed by atoms with E-state index in [1.165, 1.54) is 0 Å². The van der Waals surface area contributed by atoms with Gasteiger partial charge in [0.25, 0.3) is 0 Å². The lowest BCUT2D eigenvalue weighted by Gasteiger charge is -2.18. The second-order valence-electron chi connectivity index (χ2n) is 9.00. The first-order chi connectivity index (χ1) is 21.3. The average molecular weight is 648 g/mol. The summed E-state index contributed by atoms with van der Waals surface area (Å²) < 4.78 is 5.14. The third-order valence-corrected chi connectivity index (χ3v) is 5.69. The smallest absolute Gasteiger partial charge is 0.325 e. The first kappa shape index (κ1) is 35.5. The lowest BCUT2D eigenvalue weighted by Crippen LogP contribution is -2.50. The number of carbonyl (C=O) groups excluding carboxylic acids is 5. The van der Waals surface area contributed by atoms with Gasteiger partial charge in [-0.1, -0.05) is 41.9 Å². The summed E-state index contributed by atoms with van der Waals surface area (Å²) in [5.41, 5.74) is 27.0. The van der Waals surface area contributed by atoms with Gasteiger partial charge in [-0.15, -0.1) is 0 Å². The van der Waals surface area contributed by atoms with Crippen molar-refractivity contribution in [3.8, 4) is 0 Å². The van der Waals surface area contributed by atoms with Gasteiger partial charge < -0.3 is 54.7 Å². The summed E-state index contributed by atoms with van der Waals surface area (Å²) in [6, 6.07) is 7.88. The highest BCUT2D eigenvalue weighted by molar-refractivity contribution is 6.32. The van der Waals surface area contributed by atoms with Crippen LogP contribution in [0.3, 0.4) is 0 Å².